The van der Waals surface area contributed by atoms with Gasteiger partial charge in [-0.1, -0.05) is 18.2 Å². The van der Waals surface area contributed by atoms with Crippen LogP contribution in [0.25, 0.3) is 11.1 Å². The van der Waals surface area contributed by atoms with Crippen molar-refractivity contribution >= 4 is 11.6 Å². The first kappa shape index (κ1) is 15.5. The van der Waals surface area contributed by atoms with Gasteiger partial charge in [-0.25, -0.2) is 4.39 Å². The number of rotatable bonds is 3. The standard InChI is InChI=1S/C18H20FN3O/c1-21-8-10-22(11-9-21)13-6-7-15(18(20)23)16(12-13)14-4-2-3-5-17(14)19/h2-7,12H,8-11H2,1H3,(H2,20,23). The number of likely N-dealkylation sites (N-methyl/N-ethyl adjacent to an activating group) is 1. The lowest BCUT2D eigenvalue weighted by Gasteiger charge is -2.34. The first-order valence-electron chi connectivity index (χ1n) is 7.68. The van der Waals surface area contributed by atoms with Crippen LogP contribution < -0.4 is 10.6 Å². The quantitative estimate of drug-likeness (QED) is 0.946. The fourth-order valence-corrected chi connectivity index (χ4v) is 2.91. The number of anilines is 1. The molecular formula is C18H20FN3O. The highest BCUT2D eigenvalue weighted by Crippen LogP contribution is 2.30. The summed E-state index contributed by atoms with van der Waals surface area (Å²) in [6, 6.07) is 11.9. The molecule has 0 bridgehead atoms. The molecule has 5 heteroatoms. The van der Waals surface area contributed by atoms with E-state index in [0.29, 0.717) is 16.7 Å². The van der Waals surface area contributed by atoms with E-state index in [2.05, 4.69) is 16.8 Å². The average Bonchev–Trinajstić information content (AvgIpc) is 2.55. The lowest BCUT2D eigenvalue weighted by Crippen LogP contribution is -2.44. The van der Waals surface area contributed by atoms with Crippen LogP contribution >= 0.6 is 0 Å². The van der Waals surface area contributed by atoms with Gasteiger partial charge in [0.25, 0.3) is 0 Å². The van der Waals surface area contributed by atoms with E-state index in [4.69, 9.17) is 5.73 Å². The van der Waals surface area contributed by atoms with Crippen LogP contribution in [-0.2, 0) is 0 Å². The molecule has 1 saturated heterocycles. The summed E-state index contributed by atoms with van der Waals surface area (Å²) in [5.74, 6) is -0.904. The van der Waals surface area contributed by atoms with Gasteiger partial charge in [-0.3, -0.25) is 4.79 Å². The molecule has 2 aromatic carbocycles. The van der Waals surface area contributed by atoms with Crippen molar-refractivity contribution in [1.29, 1.82) is 0 Å². The minimum Gasteiger partial charge on any atom is -0.369 e. The Balaban J connectivity index is 2.04. The second-order valence-corrected chi connectivity index (χ2v) is 5.86. The van der Waals surface area contributed by atoms with E-state index in [1.54, 1.807) is 24.3 Å². The molecule has 0 aliphatic carbocycles. The highest BCUT2D eigenvalue weighted by Gasteiger charge is 2.18. The summed E-state index contributed by atoms with van der Waals surface area (Å²) in [5, 5.41) is 0. The SMILES string of the molecule is CN1CCN(c2ccc(C(N)=O)c(-c3ccccc3F)c2)CC1. The predicted octanol–water partition coefficient (Wildman–Crippen LogP) is 2.34. The van der Waals surface area contributed by atoms with Gasteiger partial charge < -0.3 is 15.5 Å². The van der Waals surface area contributed by atoms with Gasteiger partial charge in [0.1, 0.15) is 5.82 Å². The third-order valence-corrected chi connectivity index (χ3v) is 4.30. The Kier molecular flexibility index (Phi) is 4.30. The van der Waals surface area contributed by atoms with Crippen molar-refractivity contribution < 1.29 is 9.18 Å². The molecule has 1 amide bonds. The zero-order valence-electron chi connectivity index (χ0n) is 13.1. The van der Waals surface area contributed by atoms with Crippen molar-refractivity contribution in [1.82, 2.24) is 4.90 Å². The molecule has 0 saturated carbocycles. The van der Waals surface area contributed by atoms with Crippen LogP contribution in [0, 0.1) is 5.82 Å². The summed E-state index contributed by atoms with van der Waals surface area (Å²) in [6.45, 7) is 3.77. The van der Waals surface area contributed by atoms with Crippen molar-refractivity contribution in [3.63, 3.8) is 0 Å². The third kappa shape index (κ3) is 3.19. The molecule has 0 aromatic heterocycles. The molecule has 0 atom stereocenters. The lowest BCUT2D eigenvalue weighted by atomic mass is 9.97. The highest BCUT2D eigenvalue weighted by atomic mass is 19.1. The molecule has 0 radical (unpaired) electrons. The minimum atomic E-state index is -0.548. The number of benzene rings is 2. The summed E-state index contributed by atoms with van der Waals surface area (Å²) < 4.78 is 14.2. The van der Waals surface area contributed by atoms with E-state index < -0.39 is 5.91 Å². The van der Waals surface area contributed by atoms with E-state index in [1.807, 2.05) is 12.1 Å². The Morgan fingerprint density at radius 2 is 1.74 bits per heavy atom. The number of nitrogens with zero attached hydrogens (tertiary/aromatic N) is 2. The second-order valence-electron chi connectivity index (χ2n) is 5.86. The van der Waals surface area contributed by atoms with Crippen LogP contribution in [0.15, 0.2) is 42.5 Å². The van der Waals surface area contributed by atoms with Gasteiger partial charge in [-0.15, -0.1) is 0 Å². The number of piperazine rings is 1. The second kappa shape index (κ2) is 6.38. The number of carbonyl (C=O) groups excluding carboxylic acids is 1. The lowest BCUT2D eigenvalue weighted by molar-refractivity contribution is 0.100. The summed E-state index contributed by atoms with van der Waals surface area (Å²) in [5.41, 5.74) is 7.74. The van der Waals surface area contributed by atoms with E-state index >= 15 is 0 Å². The molecule has 1 fully saturated rings. The molecule has 0 unspecified atom stereocenters. The maximum absolute atomic E-state index is 14.2. The Bertz CT molecular complexity index is 724. The minimum absolute atomic E-state index is 0.341. The molecule has 1 heterocycles. The first-order chi connectivity index (χ1) is 11.1. The van der Waals surface area contributed by atoms with Crippen LogP contribution in [0.5, 0.6) is 0 Å². The van der Waals surface area contributed by atoms with E-state index in [9.17, 15) is 9.18 Å². The van der Waals surface area contributed by atoms with E-state index in [1.165, 1.54) is 6.07 Å². The smallest absolute Gasteiger partial charge is 0.249 e. The average molecular weight is 313 g/mol. The zero-order chi connectivity index (χ0) is 16.4. The third-order valence-electron chi connectivity index (χ3n) is 4.30. The van der Waals surface area contributed by atoms with Gasteiger partial charge in [0.15, 0.2) is 0 Å². The number of hydrogen-bond donors (Lipinski definition) is 1. The van der Waals surface area contributed by atoms with Gasteiger partial charge in [-0.2, -0.15) is 0 Å². The van der Waals surface area contributed by atoms with Crippen molar-refractivity contribution in [2.75, 3.05) is 38.1 Å². The monoisotopic (exact) mass is 313 g/mol. The number of hydrogen-bond acceptors (Lipinski definition) is 3. The number of primary amides is 1. The zero-order valence-corrected chi connectivity index (χ0v) is 13.1. The summed E-state index contributed by atoms with van der Waals surface area (Å²) in [7, 11) is 2.10. The van der Waals surface area contributed by atoms with Gasteiger partial charge in [0.2, 0.25) is 5.91 Å². The summed E-state index contributed by atoms with van der Waals surface area (Å²) in [4.78, 5) is 16.2. The largest absolute Gasteiger partial charge is 0.369 e. The van der Waals surface area contributed by atoms with Gasteiger partial charge in [0, 0.05) is 43.0 Å². The van der Waals surface area contributed by atoms with Gasteiger partial charge in [-0.05, 0) is 36.9 Å². The highest BCUT2D eigenvalue weighted by molar-refractivity contribution is 6.00. The molecule has 0 spiro atoms. The van der Waals surface area contributed by atoms with Crippen LogP contribution in [0.2, 0.25) is 0 Å². The number of nitrogens with two attached hydrogens (primary N) is 1. The number of amides is 1. The molecule has 4 nitrogen and oxygen atoms in total. The number of halogens is 1. The Morgan fingerprint density at radius 1 is 1.04 bits per heavy atom. The molecule has 2 aromatic rings. The van der Waals surface area contributed by atoms with Crippen LogP contribution in [0.3, 0.4) is 0 Å². The summed E-state index contributed by atoms with van der Waals surface area (Å²) in [6.07, 6.45) is 0. The fraction of sp³-hybridized carbons (Fsp3) is 0.278. The van der Waals surface area contributed by atoms with Crippen molar-refractivity contribution in [2.24, 2.45) is 5.73 Å². The normalized spacial score (nSPS) is 15.7. The molecule has 120 valence electrons. The van der Waals surface area contributed by atoms with E-state index in [-0.39, 0.29) is 5.82 Å². The molecule has 23 heavy (non-hydrogen) atoms. The van der Waals surface area contributed by atoms with Gasteiger partial charge in [0.05, 0.1) is 0 Å². The topological polar surface area (TPSA) is 49.6 Å². The summed E-state index contributed by atoms with van der Waals surface area (Å²) >= 11 is 0. The molecule has 3 rings (SSSR count). The molecule has 1 aliphatic rings. The van der Waals surface area contributed by atoms with E-state index in [0.717, 1.165) is 31.9 Å². The van der Waals surface area contributed by atoms with Crippen LogP contribution in [-0.4, -0.2) is 44.0 Å². The molecular weight excluding hydrogens is 293 g/mol. The fourth-order valence-electron chi connectivity index (χ4n) is 2.91. The first-order valence-corrected chi connectivity index (χ1v) is 7.68. The number of carbonyl (C=O) groups is 1. The maximum Gasteiger partial charge on any atom is 0.249 e. The van der Waals surface area contributed by atoms with Crippen molar-refractivity contribution in [3.8, 4) is 11.1 Å². The predicted molar refractivity (Wildman–Crippen MR) is 90.1 cm³/mol. The van der Waals surface area contributed by atoms with Crippen molar-refractivity contribution in [3.05, 3.63) is 53.8 Å². The molecule has 1 aliphatic heterocycles. The van der Waals surface area contributed by atoms with Gasteiger partial charge >= 0.3 is 0 Å². The van der Waals surface area contributed by atoms with Crippen LogP contribution in [0.1, 0.15) is 10.4 Å². The Hall–Kier alpha value is -2.40. The Morgan fingerprint density at radius 3 is 2.39 bits per heavy atom. The Labute approximate surface area is 135 Å². The maximum atomic E-state index is 14.2. The van der Waals surface area contributed by atoms with Crippen molar-refractivity contribution in [2.45, 2.75) is 0 Å². The molecule has 2 N–H and O–H groups in total. The van der Waals surface area contributed by atoms with Crippen LogP contribution in [0.4, 0.5) is 10.1 Å².